The number of methoxy groups -OCH3 is 1. The molecule has 1 aromatic heterocycles. The average molecular weight is 273 g/mol. The Morgan fingerprint density at radius 2 is 1.90 bits per heavy atom. The van der Waals surface area contributed by atoms with Crippen molar-refractivity contribution < 1.29 is 9.15 Å². The van der Waals surface area contributed by atoms with Crippen LogP contribution in [-0.2, 0) is 13.0 Å². The highest BCUT2D eigenvalue weighted by Gasteiger charge is 2.13. The van der Waals surface area contributed by atoms with Gasteiger partial charge in [0, 0.05) is 18.2 Å². The van der Waals surface area contributed by atoms with Crippen LogP contribution < -0.4 is 4.74 Å². The van der Waals surface area contributed by atoms with E-state index in [-0.39, 0.29) is 0 Å². The number of rotatable bonds is 7. The SMILES string of the molecule is CCN(Cc1ccoc1)C(C)Cc1ccc(OC)cc1. The summed E-state index contributed by atoms with van der Waals surface area (Å²) in [6, 6.07) is 10.8. The van der Waals surface area contributed by atoms with Gasteiger partial charge in [0.1, 0.15) is 5.75 Å². The molecule has 0 fully saturated rings. The molecule has 0 spiro atoms. The lowest BCUT2D eigenvalue weighted by molar-refractivity contribution is 0.209. The highest BCUT2D eigenvalue weighted by Crippen LogP contribution is 2.16. The van der Waals surface area contributed by atoms with E-state index in [0.29, 0.717) is 6.04 Å². The molecule has 0 N–H and O–H groups in total. The molecular formula is C17H23NO2. The molecule has 0 saturated heterocycles. The molecule has 0 bridgehead atoms. The summed E-state index contributed by atoms with van der Waals surface area (Å²) in [5.74, 6) is 0.909. The molecule has 3 nitrogen and oxygen atoms in total. The molecule has 1 atom stereocenters. The van der Waals surface area contributed by atoms with Gasteiger partial charge in [-0.05, 0) is 43.7 Å². The molecule has 1 unspecified atom stereocenters. The van der Waals surface area contributed by atoms with Crippen LogP contribution in [0.5, 0.6) is 5.75 Å². The number of hydrogen-bond donors (Lipinski definition) is 0. The molecule has 1 heterocycles. The summed E-state index contributed by atoms with van der Waals surface area (Å²) in [5, 5.41) is 0. The van der Waals surface area contributed by atoms with Crippen LogP contribution in [0.3, 0.4) is 0 Å². The first-order chi connectivity index (χ1) is 9.72. The largest absolute Gasteiger partial charge is 0.497 e. The van der Waals surface area contributed by atoms with Crippen molar-refractivity contribution in [3.05, 3.63) is 54.0 Å². The Kier molecular flexibility index (Phi) is 5.24. The maximum Gasteiger partial charge on any atom is 0.118 e. The molecule has 0 aliphatic carbocycles. The highest BCUT2D eigenvalue weighted by molar-refractivity contribution is 5.27. The molecule has 20 heavy (non-hydrogen) atoms. The fraction of sp³-hybridized carbons (Fsp3) is 0.412. The van der Waals surface area contributed by atoms with Crippen LogP contribution >= 0.6 is 0 Å². The third-order valence-corrected chi connectivity index (χ3v) is 3.69. The summed E-state index contributed by atoms with van der Waals surface area (Å²) >= 11 is 0. The van der Waals surface area contributed by atoms with Crippen LogP contribution in [0.25, 0.3) is 0 Å². The lowest BCUT2D eigenvalue weighted by Gasteiger charge is -2.27. The van der Waals surface area contributed by atoms with Crippen LogP contribution in [0.4, 0.5) is 0 Å². The van der Waals surface area contributed by atoms with Gasteiger partial charge in [0.25, 0.3) is 0 Å². The summed E-state index contributed by atoms with van der Waals surface area (Å²) in [6.07, 6.45) is 4.59. The first-order valence-electron chi connectivity index (χ1n) is 7.11. The first-order valence-corrected chi connectivity index (χ1v) is 7.11. The maximum absolute atomic E-state index is 5.19. The molecule has 108 valence electrons. The number of likely N-dealkylation sites (N-methyl/N-ethyl adjacent to an activating group) is 1. The Morgan fingerprint density at radius 3 is 2.45 bits per heavy atom. The van der Waals surface area contributed by atoms with Gasteiger partial charge in [0.15, 0.2) is 0 Å². The van der Waals surface area contributed by atoms with Crippen LogP contribution in [-0.4, -0.2) is 24.6 Å². The zero-order chi connectivity index (χ0) is 14.4. The van der Waals surface area contributed by atoms with E-state index >= 15 is 0 Å². The van der Waals surface area contributed by atoms with Gasteiger partial charge in [-0.15, -0.1) is 0 Å². The fourth-order valence-electron chi connectivity index (χ4n) is 2.43. The average Bonchev–Trinajstić information content (AvgIpc) is 2.98. The fourth-order valence-corrected chi connectivity index (χ4v) is 2.43. The number of furan rings is 1. The van der Waals surface area contributed by atoms with Crippen LogP contribution in [0.2, 0.25) is 0 Å². The van der Waals surface area contributed by atoms with E-state index in [0.717, 1.165) is 25.3 Å². The smallest absolute Gasteiger partial charge is 0.118 e. The third kappa shape index (κ3) is 3.87. The van der Waals surface area contributed by atoms with Gasteiger partial charge in [0.05, 0.1) is 19.6 Å². The van der Waals surface area contributed by atoms with Crippen molar-refractivity contribution in [2.75, 3.05) is 13.7 Å². The van der Waals surface area contributed by atoms with Crippen molar-refractivity contribution in [3.63, 3.8) is 0 Å². The predicted octanol–water partition coefficient (Wildman–Crippen LogP) is 3.74. The summed E-state index contributed by atoms with van der Waals surface area (Å²) in [5.41, 5.74) is 2.57. The highest BCUT2D eigenvalue weighted by atomic mass is 16.5. The van der Waals surface area contributed by atoms with Gasteiger partial charge in [-0.3, -0.25) is 4.90 Å². The zero-order valence-corrected chi connectivity index (χ0v) is 12.5. The molecule has 1 aromatic carbocycles. The standard InChI is InChI=1S/C17H23NO2/c1-4-18(12-16-9-10-20-13-16)14(2)11-15-5-7-17(19-3)8-6-15/h5-10,13-14H,4,11-12H2,1-3H3. The van der Waals surface area contributed by atoms with E-state index in [2.05, 4.69) is 30.9 Å². The Bertz CT molecular complexity index is 490. The van der Waals surface area contributed by atoms with Gasteiger partial charge in [-0.25, -0.2) is 0 Å². The van der Waals surface area contributed by atoms with Crippen molar-refractivity contribution in [1.82, 2.24) is 4.90 Å². The molecule has 0 radical (unpaired) electrons. The molecule has 2 rings (SSSR count). The Labute approximate surface area is 121 Å². The van der Waals surface area contributed by atoms with Crippen LogP contribution in [0, 0.1) is 0 Å². The predicted molar refractivity (Wildman–Crippen MR) is 81.0 cm³/mol. The van der Waals surface area contributed by atoms with Crippen LogP contribution in [0.15, 0.2) is 47.3 Å². The number of benzene rings is 1. The zero-order valence-electron chi connectivity index (χ0n) is 12.5. The van der Waals surface area contributed by atoms with Crippen molar-refractivity contribution in [2.24, 2.45) is 0 Å². The summed E-state index contributed by atoms with van der Waals surface area (Å²) < 4.78 is 10.3. The van der Waals surface area contributed by atoms with E-state index in [1.54, 1.807) is 13.4 Å². The summed E-state index contributed by atoms with van der Waals surface area (Å²) in [4.78, 5) is 2.45. The molecule has 0 amide bonds. The number of ether oxygens (including phenoxy) is 1. The second-order valence-electron chi connectivity index (χ2n) is 5.10. The van der Waals surface area contributed by atoms with Crippen molar-refractivity contribution in [1.29, 1.82) is 0 Å². The number of hydrogen-bond acceptors (Lipinski definition) is 3. The lowest BCUT2D eigenvalue weighted by atomic mass is 10.1. The Morgan fingerprint density at radius 1 is 1.15 bits per heavy atom. The Balaban J connectivity index is 1.95. The van der Waals surface area contributed by atoms with E-state index in [1.165, 1.54) is 11.1 Å². The minimum absolute atomic E-state index is 0.489. The molecule has 2 aromatic rings. The van der Waals surface area contributed by atoms with Gasteiger partial charge in [-0.2, -0.15) is 0 Å². The molecule has 3 heteroatoms. The summed E-state index contributed by atoms with van der Waals surface area (Å²) in [6.45, 7) is 6.44. The van der Waals surface area contributed by atoms with Crippen molar-refractivity contribution in [3.8, 4) is 5.75 Å². The maximum atomic E-state index is 5.19. The van der Waals surface area contributed by atoms with Crippen molar-refractivity contribution >= 4 is 0 Å². The molecular weight excluding hydrogens is 250 g/mol. The molecule has 0 aliphatic heterocycles. The molecule has 0 aliphatic rings. The summed E-state index contributed by atoms with van der Waals surface area (Å²) in [7, 11) is 1.70. The molecule has 0 saturated carbocycles. The normalized spacial score (nSPS) is 12.6. The van der Waals surface area contributed by atoms with Gasteiger partial charge in [0.2, 0.25) is 0 Å². The second kappa shape index (κ2) is 7.15. The monoisotopic (exact) mass is 273 g/mol. The second-order valence-corrected chi connectivity index (χ2v) is 5.10. The van der Waals surface area contributed by atoms with E-state index in [1.807, 2.05) is 24.5 Å². The minimum Gasteiger partial charge on any atom is -0.497 e. The topological polar surface area (TPSA) is 25.6 Å². The van der Waals surface area contributed by atoms with Gasteiger partial charge >= 0.3 is 0 Å². The van der Waals surface area contributed by atoms with E-state index in [9.17, 15) is 0 Å². The first kappa shape index (κ1) is 14.7. The van der Waals surface area contributed by atoms with E-state index < -0.39 is 0 Å². The minimum atomic E-state index is 0.489. The quantitative estimate of drug-likeness (QED) is 0.768. The van der Waals surface area contributed by atoms with Gasteiger partial charge in [-0.1, -0.05) is 19.1 Å². The number of nitrogens with zero attached hydrogens (tertiary/aromatic N) is 1. The van der Waals surface area contributed by atoms with Crippen molar-refractivity contribution in [2.45, 2.75) is 32.9 Å². The van der Waals surface area contributed by atoms with Gasteiger partial charge < -0.3 is 9.15 Å². The third-order valence-electron chi connectivity index (χ3n) is 3.69. The lowest BCUT2D eigenvalue weighted by Crippen LogP contribution is -2.33. The Hall–Kier alpha value is -1.74. The van der Waals surface area contributed by atoms with E-state index in [4.69, 9.17) is 9.15 Å². The van der Waals surface area contributed by atoms with Crippen LogP contribution in [0.1, 0.15) is 25.0 Å².